The third-order valence-electron chi connectivity index (χ3n) is 4.60. The van der Waals surface area contributed by atoms with Crippen molar-refractivity contribution in [2.45, 2.75) is 20.0 Å². The van der Waals surface area contributed by atoms with Crippen LogP contribution in [0.3, 0.4) is 0 Å². The fourth-order valence-corrected chi connectivity index (χ4v) is 3.08. The highest BCUT2D eigenvalue weighted by Crippen LogP contribution is 2.14. The number of aliphatic imine (C=N–C) groups is 1. The molecule has 4 aromatic rings. The Kier molecular flexibility index (Phi) is 5.42. The molecule has 29 heavy (non-hydrogen) atoms. The average Bonchev–Trinajstić information content (AvgIpc) is 2.76. The predicted molar refractivity (Wildman–Crippen MR) is 116 cm³/mol. The average molecular weight is 383 g/mol. The third kappa shape index (κ3) is 4.21. The van der Waals surface area contributed by atoms with Crippen molar-refractivity contribution >= 4 is 17.7 Å². The van der Waals surface area contributed by atoms with Crippen molar-refractivity contribution in [3.8, 4) is 0 Å². The van der Waals surface area contributed by atoms with Gasteiger partial charge < -0.3 is 5.32 Å². The second kappa shape index (κ2) is 8.48. The molecule has 0 unspecified atom stereocenters. The van der Waals surface area contributed by atoms with Gasteiger partial charge in [0.1, 0.15) is 17.0 Å². The van der Waals surface area contributed by atoms with Crippen LogP contribution in [0.15, 0.2) is 83.0 Å². The molecule has 0 aliphatic rings. The van der Waals surface area contributed by atoms with Gasteiger partial charge in [-0.3, -0.25) is 19.2 Å². The van der Waals surface area contributed by atoms with Crippen molar-refractivity contribution in [1.29, 1.82) is 0 Å². The topological polar surface area (TPSA) is 71.7 Å². The zero-order valence-corrected chi connectivity index (χ0v) is 16.1. The highest BCUT2D eigenvalue weighted by atomic mass is 16.1. The normalized spacial score (nSPS) is 11.2. The Balaban J connectivity index is 1.71. The zero-order chi connectivity index (χ0) is 20.1. The fourth-order valence-electron chi connectivity index (χ4n) is 3.08. The molecule has 0 aliphatic heterocycles. The number of rotatable bonds is 6. The van der Waals surface area contributed by atoms with E-state index in [1.807, 2.05) is 61.5 Å². The van der Waals surface area contributed by atoms with Gasteiger partial charge in [0, 0.05) is 31.3 Å². The van der Waals surface area contributed by atoms with Crippen molar-refractivity contribution in [2.24, 2.45) is 4.99 Å². The van der Waals surface area contributed by atoms with Gasteiger partial charge in [0.05, 0.1) is 6.54 Å². The molecule has 3 heterocycles. The molecule has 0 saturated carbocycles. The van der Waals surface area contributed by atoms with E-state index in [1.54, 1.807) is 29.2 Å². The van der Waals surface area contributed by atoms with E-state index in [9.17, 15) is 4.79 Å². The predicted octanol–water partition coefficient (Wildman–Crippen LogP) is 3.63. The van der Waals surface area contributed by atoms with Gasteiger partial charge >= 0.3 is 0 Å². The number of aryl methyl sites for hydroxylation is 1. The zero-order valence-electron chi connectivity index (χ0n) is 16.1. The molecule has 1 N–H and O–H groups in total. The van der Waals surface area contributed by atoms with Gasteiger partial charge in [-0.2, -0.15) is 0 Å². The van der Waals surface area contributed by atoms with E-state index in [0.717, 1.165) is 16.7 Å². The van der Waals surface area contributed by atoms with Crippen molar-refractivity contribution in [3.05, 3.63) is 106 Å². The molecular formula is C23H21N5O. The van der Waals surface area contributed by atoms with E-state index >= 15 is 0 Å². The summed E-state index contributed by atoms with van der Waals surface area (Å²) in [5.41, 5.74) is 3.95. The van der Waals surface area contributed by atoms with Gasteiger partial charge in [-0.05, 0) is 35.7 Å². The van der Waals surface area contributed by atoms with Crippen LogP contribution >= 0.6 is 0 Å². The van der Waals surface area contributed by atoms with E-state index in [4.69, 9.17) is 4.98 Å². The van der Waals surface area contributed by atoms with Crippen LogP contribution < -0.4 is 10.9 Å². The number of hydrogen-bond acceptors (Lipinski definition) is 5. The van der Waals surface area contributed by atoms with Crippen molar-refractivity contribution < 1.29 is 0 Å². The maximum Gasteiger partial charge on any atom is 0.268 e. The molecule has 0 atom stereocenters. The van der Waals surface area contributed by atoms with Crippen LogP contribution in [-0.2, 0) is 13.1 Å². The summed E-state index contributed by atoms with van der Waals surface area (Å²) >= 11 is 0. The second-order valence-electron chi connectivity index (χ2n) is 6.73. The summed E-state index contributed by atoms with van der Waals surface area (Å²) in [5, 5.41) is 3.31. The third-order valence-corrected chi connectivity index (χ3v) is 4.60. The Morgan fingerprint density at radius 3 is 2.69 bits per heavy atom. The quantitative estimate of drug-likeness (QED) is 0.516. The van der Waals surface area contributed by atoms with Crippen LogP contribution in [0.5, 0.6) is 0 Å². The molecule has 0 spiro atoms. The number of aromatic nitrogens is 3. The highest BCUT2D eigenvalue weighted by molar-refractivity contribution is 5.86. The van der Waals surface area contributed by atoms with Crippen LogP contribution in [-0.4, -0.2) is 20.6 Å². The first-order valence-corrected chi connectivity index (χ1v) is 9.41. The molecule has 0 amide bonds. The van der Waals surface area contributed by atoms with E-state index in [0.29, 0.717) is 30.1 Å². The first kappa shape index (κ1) is 18.6. The van der Waals surface area contributed by atoms with Crippen molar-refractivity contribution in [2.75, 3.05) is 5.32 Å². The lowest BCUT2D eigenvalue weighted by Gasteiger charge is -2.12. The van der Waals surface area contributed by atoms with Crippen LogP contribution in [0.4, 0.5) is 5.82 Å². The first-order valence-electron chi connectivity index (χ1n) is 9.41. The summed E-state index contributed by atoms with van der Waals surface area (Å²) in [7, 11) is 0. The van der Waals surface area contributed by atoms with Crippen molar-refractivity contribution in [1.82, 2.24) is 14.4 Å². The summed E-state index contributed by atoms with van der Waals surface area (Å²) in [6.07, 6.45) is 6.82. The number of nitrogens with one attached hydrogen (secondary N) is 1. The van der Waals surface area contributed by atoms with Crippen LogP contribution in [0.25, 0.3) is 5.65 Å². The Morgan fingerprint density at radius 2 is 1.90 bits per heavy atom. The number of anilines is 1. The SMILES string of the molecule is Cc1cccn2c(=O)c(C=NCc3cccnc3)c(NCc3ccccc3)nc12. The number of fused-ring (bicyclic) bond motifs is 1. The number of nitrogens with zero attached hydrogens (tertiary/aromatic N) is 4. The lowest BCUT2D eigenvalue weighted by molar-refractivity contribution is 1.00. The summed E-state index contributed by atoms with van der Waals surface area (Å²) in [5.74, 6) is 0.531. The molecule has 0 radical (unpaired) electrons. The summed E-state index contributed by atoms with van der Waals surface area (Å²) in [6.45, 7) is 2.96. The second-order valence-corrected chi connectivity index (χ2v) is 6.73. The molecular weight excluding hydrogens is 362 g/mol. The standard InChI is InChI=1S/C23H21N5O/c1-17-7-6-12-28-22(17)27-21(26-15-18-8-3-2-4-9-18)20(23(28)29)16-25-14-19-10-5-11-24-13-19/h2-13,16,26H,14-15H2,1H3. The number of hydrogen-bond donors (Lipinski definition) is 1. The van der Waals surface area contributed by atoms with E-state index < -0.39 is 0 Å². The van der Waals surface area contributed by atoms with Gasteiger partial charge in [-0.25, -0.2) is 4.98 Å². The molecule has 0 fully saturated rings. The molecule has 1 aromatic carbocycles. The van der Waals surface area contributed by atoms with Crippen LogP contribution in [0.2, 0.25) is 0 Å². The maximum absolute atomic E-state index is 13.1. The minimum Gasteiger partial charge on any atom is -0.365 e. The molecule has 6 heteroatoms. The van der Waals surface area contributed by atoms with E-state index in [-0.39, 0.29) is 5.56 Å². The van der Waals surface area contributed by atoms with Gasteiger partial charge in [0.15, 0.2) is 0 Å². The minimum atomic E-state index is -0.149. The molecule has 144 valence electrons. The lowest BCUT2D eigenvalue weighted by atomic mass is 10.2. The van der Waals surface area contributed by atoms with E-state index in [1.165, 1.54) is 0 Å². The molecule has 0 bridgehead atoms. The maximum atomic E-state index is 13.1. The van der Waals surface area contributed by atoms with Gasteiger partial charge in [-0.15, -0.1) is 0 Å². The Hall–Kier alpha value is -3.80. The lowest BCUT2D eigenvalue weighted by Crippen LogP contribution is -2.23. The first-order chi connectivity index (χ1) is 14.2. The number of pyridine rings is 2. The Labute approximate surface area is 168 Å². The summed E-state index contributed by atoms with van der Waals surface area (Å²) in [6, 6.07) is 17.6. The largest absolute Gasteiger partial charge is 0.365 e. The van der Waals surface area contributed by atoms with Gasteiger partial charge in [0.2, 0.25) is 0 Å². The Morgan fingerprint density at radius 1 is 1.07 bits per heavy atom. The molecule has 6 nitrogen and oxygen atoms in total. The minimum absolute atomic E-state index is 0.149. The fraction of sp³-hybridized carbons (Fsp3) is 0.130. The number of benzene rings is 1. The summed E-state index contributed by atoms with van der Waals surface area (Å²) in [4.78, 5) is 26.4. The van der Waals surface area contributed by atoms with Crippen LogP contribution in [0.1, 0.15) is 22.3 Å². The monoisotopic (exact) mass is 383 g/mol. The smallest absolute Gasteiger partial charge is 0.268 e. The van der Waals surface area contributed by atoms with Gasteiger partial charge in [0.25, 0.3) is 5.56 Å². The van der Waals surface area contributed by atoms with E-state index in [2.05, 4.69) is 15.3 Å². The van der Waals surface area contributed by atoms with Crippen molar-refractivity contribution in [3.63, 3.8) is 0 Å². The van der Waals surface area contributed by atoms with Gasteiger partial charge in [-0.1, -0.05) is 42.5 Å². The summed E-state index contributed by atoms with van der Waals surface area (Å²) < 4.78 is 1.56. The molecule has 0 aliphatic carbocycles. The molecule has 3 aromatic heterocycles. The highest BCUT2D eigenvalue weighted by Gasteiger charge is 2.12. The van der Waals surface area contributed by atoms with Crippen LogP contribution in [0, 0.1) is 6.92 Å². The Bertz CT molecular complexity index is 1200. The molecule has 0 saturated heterocycles. The molecule has 4 rings (SSSR count).